The van der Waals surface area contributed by atoms with Crippen LogP contribution in [-0.2, 0) is 11.0 Å². The highest BCUT2D eigenvalue weighted by Gasteiger charge is 2.61. The van der Waals surface area contributed by atoms with E-state index in [1.54, 1.807) is 6.07 Å². The number of hydrogen-bond donors (Lipinski definition) is 0. The first-order chi connectivity index (χ1) is 18.2. The van der Waals surface area contributed by atoms with Crippen LogP contribution in [0.5, 0.6) is 5.75 Å². The number of nitrogens with zero attached hydrogens (tertiary/aromatic N) is 5. The van der Waals surface area contributed by atoms with E-state index in [0.29, 0.717) is 31.6 Å². The number of amides is 1. The second-order valence-electron chi connectivity index (χ2n) is 9.67. The third-order valence-electron chi connectivity index (χ3n) is 7.44. The quantitative estimate of drug-likeness (QED) is 0.371. The third-order valence-corrected chi connectivity index (χ3v) is 7.80. The summed E-state index contributed by atoms with van der Waals surface area (Å²) in [6.07, 6.45) is 0.804. The molecule has 2 aromatic rings. The lowest BCUT2D eigenvalue weighted by molar-refractivity contribution is -0.137. The number of nitriles is 1. The highest BCUT2D eigenvalue weighted by Crippen LogP contribution is 2.50. The van der Waals surface area contributed by atoms with Gasteiger partial charge in [-0.2, -0.15) is 18.4 Å². The van der Waals surface area contributed by atoms with Crippen LogP contribution in [0.3, 0.4) is 0 Å². The molecule has 12 heteroatoms. The van der Waals surface area contributed by atoms with Gasteiger partial charge in [0.2, 0.25) is 0 Å². The number of carbonyl (C=O) groups excluding carboxylic acids is 1. The number of thiocarbonyl (C=S) groups is 1. The first kappa shape index (κ1) is 26.3. The van der Waals surface area contributed by atoms with Crippen LogP contribution in [0, 0.1) is 17.1 Å². The number of rotatable bonds is 6. The lowest BCUT2D eigenvalue weighted by Crippen LogP contribution is -2.55. The number of piperidine rings is 1. The number of aromatic nitrogens is 1. The average Bonchev–Trinajstić information content (AvgIpc) is 3.10. The maximum absolute atomic E-state index is 15.5. The van der Waals surface area contributed by atoms with Crippen molar-refractivity contribution in [1.82, 2.24) is 9.88 Å². The molecule has 1 saturated carbocycles. The predicted octanol–water partition coefficient (Wildman–Crippen LogP) is 5.04. The Labute approximate surface area is 222 Å². The zero-order valence-electron chi connectivity index (χ0n) is 20.4. The monoisotopic (exact) mass is 547 g/mol. The molecule has 38 heavy (non-hydrogen) atoms. The normalized spacial score (nSPS) is 19.6. The molecule has 0 N–H and O–H groups in total. The number of halogens is 4. The molecule has 0 unspecified atom stereocenters. The SMILES string of the molecule is N#Cc1nccc(N2C(=O)C3(CCC3)N(c3ccc(OCCN4CCCCC4)cc3F)C2=S)c1C(F)(F)F. The lowest BCUT2D eigenvalue weighted by atomic mass is 9.75. The Morgan fingerprint density at radius 3 is 2.45 bits per heavy atom. The molecule has 1 aromatic heterocycles. The summed E-state index contributed by atoms with van der Waals surface area (Å²) in [4.78, 5) is 21.5. The number of ether oxygens (including phenoxy) is 1. The van der Waals surface area contributed by atoms with Gasteiger partial charge in [-0.3, -0.25) is 14.6 Å². The Hall–Kier alpha value is -3.30. The zero-order valence-corrected chi connectivity index (χ0v) is 21.2. The van der Waals surface area contributed by atoms with Gasteiger partial charge < -0.3 is 9.64 Å². The molecule has 3 heterocycles. The van der Waals surface area contributed by atoms with Crippen molar-refractivity contribution in [2.24, 2.45) is 0 Å². The molecular weight excluding hydrogens is 522 g/mol. The van der Waals surface area contributed by atoms with E-state index in [1.165, 1.54) is 29.5 Å². The fourth-order valence-electron chi connectivity index (χ4n) is 5.41. The van der Waals surface area contributed by atoms with Gasteiger partial charge in [-0.15, -0.1) is 0 Å². The van der Waals surface area contributed by atoms with Crippen molar-refractivity contribution in [2.45, 2.75) is 50.2 Å². The minimum Gasteiger partial charge on any atom is -0.492 e. The molecular formula is C26H25F4N5O2S. The van der Waals surface area contributed by atoms with Gasteiger partial charge in [0, 0.05) is 18.8 Å². The molecule has 1 amide bonds. The second-order valence-corrected chi connectivity index (χ2v) is 10.0. The lowest BCUT2D eigenvalue weighted by Gasteiger charge is -2.43. The molecule has 3 fully saturated rings. The van der Waals surface area contributed by atoms with Gasteiger partial charge in [-0.25, -0.2) is 9.37 Å². The summed E-state index contributed by atoms with van der Waals surface area (Å²) in [5.74, 6) is -1.07. The van der Waals surface area contributed by atoms with Gasteiger partial charge in [-0.1, -0.05) is 6.42 Å². The van der Waals surface area contributed by atoms with Crippen molar-refractivity contribution in [3.63, 3.8) is 0 Å². The number of anilines is 2. The van der Waals surface area contributed by atoms with E-state index >= 15 is 4.39 Å². The number of hydrogen-bond acceptors (Lipinski definition) is 6. The number of pyridine rings is 1. The smallest absolute Gasteiger partial charge is 0.421 e. The third kappa shape index (κ3) is 4.47. The van der Waals surface area contributed by atoms with E-state index in [1.807, 2.05) is 0 Å². The summed E-state index contributed by atoms with van der Waals surface area (Å²) in [5.41, 5.74) is -4.13. The topological polar surface area (TPSA) is 72.7 Å². The minimum absolute atomic E-state index is 0.0166. The summed E-state index contributed by atoms with van der Waals surface area (Å²) in [6, 6.07) is 6.64. The molecule has 200 valence electrons. The van der Waals surface area contributed by atoms with Crippen molar-refractivity contribution in [2.75, 3.05) is 36.0 Å². The molecule has 5 rings (SSSR count). The van der Waals surface area contributed by atoms with E-state index in [9.17, 15) is 23.2 Å². The van der Waals surface area contributed by atoms with Crippen LogP contribution in [0.2, 0.25) is 0 Å². The average molecular weight is 548 g/mol. The van der Waals surface area contributed by atoms with E-state index in [0.717, 1.165) is 49.6 Å². The van der Waals surface area contributed by atoms with Gasteiger partial charge >= 0.3 is 6.18 Å². The van der Waals surface area contributed by atoms with Crippen LogP contribution >= 0.6 is 12.2 Å². The maximum atomic E-state index is 15.5. The van der Waals surface area contributed by atoms with E-state index < -0.39 is 40.4 Å². The number of alkyl halides is 3. The molecule has 7 nitrogen and oxygen atoms in total. The van der Waals surface area contributed by atoms with Gasteiger partial charge in [0.05, 0.1) is 11.4 Å². The molecule has 0 atom stereocenters. The summed E-state index contributed by atoms with van der Waals surface area (Å²) < 4.78 is 63.1. The molecule has 1 aliphatic carbocycles. The Morgan fingerprint density at radius 1 is 1.11 bits per heavy atom. The molecule has 2 saturated heterocycles. The molecule has 2 aliphatic heterocycles. The largest absolute Gasteiger partial charge is 0.492 e. The Balaban J connectivity index is 1.44. The molecule has 1 spiro atoms. The van der Waals surface area contributed by atoms with E-state index in [-0.39, 0.29) is 10.8 Å². The zero-order chi connectivity index (χ0) is 27.1. The van der Waals surface area contributed by atoms with Crippen molar-refractivity contribution in [3.05, 3.63) is 47.5 Å². The fourth-order valence-corrected chi connectivity index (χ4v) is 5.86. The van der Waals surface area contributed by atoms with Crippen LogP contribution in [0.4, 0.5) is 28.9 Å². The van der Waals surface area contributed by atoms with E-state index in [4.69, 9.17) is 17.0 Å². The maximum Gasteiger partial charge on any atom is 0.421 e. The first-order valence-electron chi connectivity index (χ1n) is 12.5. The van der Waals surface area contributed by atoms with Gasteiger partial charge in [0.1, 0.15) is 29.5 Å². The van der Waals surface area contributed by atoms with Crippen LogP contribution in [-0.4, -0.2) is 52.7 Å². The molecule has 0 radical (unpaired) electrons. The summed E-state index contributed by atoms with van der Waals surface area (Å²) in [5, 5.41) is 8.96. The standard InChI is InChI=1S/C26H25F4N5O2S/c27-18-15-17(37-14-13-33-11-2-1-3-12-33)5-6-20(18)35-24(38)34(23(36)25(35)8-4-9-25)21-7-10-32-19(16-31)22(21)26(28,29)30/h5-7,10,15H,1-4,8-9,11-14H2. The minimum atomic E-state index is -4.97. The van der Waals surface area contributed by atoms with Gasteiger partial charge in [0.25, 0.3) is 5.91 Å². The van der Waals surface area contributed by atoms with Crippen LogP contribution < -0.4 is 14.5 Å². The van der Waals surface area contributed by atoms with Crippen molar-refractivity contribution >= 4 is 34.6 Å². The molecule has 3 aliphatic rings. The van der Waals surface area contributed by atoms with Crippen LogP contribution in [0.1, 0.15) is 49.8 Å². The molecule has 1 aromatic carbocycles. The number of carbonyl (C=O) groups is 1. The molecule has 0 bridgehead atoms. The van der Waals surface area contributed by atoms with Crippen LogP contribution in [0.25, 0.3) is 0 Å². The fraction of sp³-hybridized carbons (Fsp3) is 0.462. The first-order valence-corrected chi connectivity index (χ1v) is 12.9. The highest BCUT2D eigenvalue weighted by atomic mass is 32.1. The summed E-state index contributed by atoms with van der Waals surface area (Å²) in [7, 11) is 0. The van der Waals surface area contributed by atoms with Gasteiger partial charge in [-0.05, 0) is 75.6 Å². The number of benzene rings is 1. The van der Waals surface area contributed by atoms with Crippen molar-refractivity contribution in [1.29, 1.82) is 5.26 Å². The van der Waals surface area contributed by atoms with Gasteiger partial charge in [0.15, 0.2) is 16.6 Å². The second kappa shape index (κ2) is 10.1. The highest BCUT2D eigenvalue weighted by molar-refractivity contribution is 7.81. The summed E-state index contributed by atoms with van der Waals surface area (Å²) in [6.45, 7) is 3.14. The summed E-state index contributed by atoms with van der Waals surface area (Å²) >= 11 is 5.51. The van der Waals surface area contributed by atoms with E-state index in [2.05, 4.69) is 9.88 Å². The van der Waals surface area contributed by atoms with Crippen molar-refractivity contribution in [3.8, 4) is 11.8 Å². The van der Waals surface area contributed by atoms with Crippen LogP contribution in [0.15, 0.2) is 30.5 Å². The Kier molecular flexibility index (Phi) is 7.00. The predicted molar refractivity (Wildman–Crippen MR) is 135 cm³/mol. The Morgan fingerprint density at radius 2 is 1.84 bits per heavy atom. The Bertz CT molecular complexity index is 1300. The number of likely N-dealkylation sites (tertiary alicyclic amines) is 1. The van der Waals surface area contributed by atoms with Crippen molar-refractivity contribution < 1.29 is 27.1 Å².